The van der Waals surface area contributed by atoms with E-state index in [1.54, 1.807) is 7.11 Å². The molecule has 0 aliphatic rings. The minimum Gasteiger partial charge on any atom is -0.497 e. The van der Waals surface area contributed by atoms with Crippen molar-refractivity contribution in [3.63, 3.8) is 0 Å². The highest BCUT2D eigenvalue weighted by atomic mass is 16.5. The maximum atomic E-state index is 9.11. The maximum Gasteiger partial charge on any atom is 0.120 e. The number of anilines is 1. The first-order valence-electron chi connectivity index (χ1n) is 5.06. The van der Waals surface area contributed by atoms with E-state index in [1.807, 2.05) is 38.1 Å². The van der Waals surface area contributed by atoms with E-state index in [2.05, 4.69) is 5.32 Å². The first-order valence-corrected chi connectivity index (χ1v) is 5.06. The zero-order chi connectivity index (χ0) is 11.3. The van der Waals surface area contributed by atoms with E-state index in [0.717, 1.165) is 18.0 Å². The van der Waals surface area contributed by atoms with E-state index in [9.17, 15) is 0 Å². The second kappa shape index (κ2) is 5.03. The molecule has 0 aromatic heterocycles. The van der Waals surface area contributed by atoms with Gasteiger partial charge in [0.1, 0.15) is 5.75 Å². The molecule has 0 unspecified atom stereocenters. The summed E-state index contributed by atoms with van der Waals surface area (Å²) in [5.74, 6) is 0.835. The molecule has 0 amide bonds. The van der Waals surface area contributed by atoms with Crippen LogP contribution >= 0.6 is 0 Å². The van der Waals surface area contributed by atoms with Crippen molar-refractivity contribution in [1.29, 1.82) is 0 Å². The normalized spacial score (nSPS) is 11.2. The molecule has 0 saturated heterocycles. The summed E-state index contributed by atoms with van der Waals surface area (Å²) >= 11 is 0. The van der Waals surface area contributed by atoms with E-state index in [1.165, 1.54) is 0 Å². The second-order valence-electron chi connectivity index (χ2n) is 4.41. The molecule has 0 bridgehead atoms. The summed E-state index contributed by atoms with van der Waals surface area (Å²) in [7, 11) is 1.65. The fourth-order valence-electron chi connectivity index (χ4n) is 1.13. The zero-order valence-electron chi connectivity index (χ0n) is 9.58. The van der Waals surface area contributed by atoms with Crippen molar-refractivity contribution in [2.75, 3.05) is 25.6 Å². The highest BCUT2D eigenvalue weighted by molar-refractivity contribution is 5.48. The Balaban J connectivity index is 2.57. The molecule has 0 atom stereocenters. The number of benzene rings is 1. The zero-order valence-corrected chi connectivity index (χ0v) is 9.58. The predicted octanol–water partition coefficient (Wildman–Crippen LogP) is 2.13. The van der Waals surface area contributed by atoms with E-state index in [4.69, 9.17) is 9.84 Å². The van der Waals surface area contributed by atoms with Gasteiger partial charge >= 0.3 is 0 Å². The molecule has 0 radical (unpaired) electrons. The molecule has 3 heteroatoms. The van der Waals surface area contributed by atoms with Crippen molar-refractivity contribution in [3.8, 4) is 5.75 Å². The van der Waals surface area contributed by atoms with Crippen molar-refractivity contribution >= 4 is 5.69 Å². The van der Waals surface area contributed by atoms with Gasteiger partial charge in [-0.05, 0) is 12.1 Å². The fourth-order valence-corrected chi connectivity index (χ4v) is 1.13. The number of methoxy groups -OCH3 is 1. The highest BCUT2D eigenvalue weighted by Gasteiger charge is 2.15. The molecule has 1 aromatic rings. The quantitative estimate of drug-likeness (QED) is 0.780. The van der Waals surface area contributed by atoms with Crippen LogP contribution in [0.1, 0.15) is 13.8 Å². The lowest BCUT2D eigenvalue weighted by molar-refractivity contribution is 0.171. The summed E-state index contributed by atoms with van der Waals surface area (Å²) in [5, 5.41) is 12.4. The fraction of sp³-hybridized carbons (Fsp3) is 0.500. The Bertz CT molecular complexity index is 310. The maximum absolute atomic E-state index is 9.11. The average molecular weight is 209 g/mol. The standard InChI is InChI=1S/C12H19NO2/c1-12(2,9-14)8-13-10-5-4-6-11(7-10)15-3/h4-7,13-14H,8-9H2,1-3H3. The summed E-state index contributed by atoms with van der Waals surface area (Å²) in [6.07, 6.45) is 0. The highest BCUT2D eigenvalue weighted by Crippen LogP contribution is 2.19. The predicted molar refractivity (Wildman–Crippen MR) is 62.4 cm³/mol. The number of hydrogen-bond acceptors (Lipinski definition) is 3. The van der Waals surface area contributed by atoms with Gasteiger partial charge in [-0.1, -0.05) is 19.9 Å². The van der Waals surface area contributed by atoms with Crippen molar-refractivity contribution in [2.24, 2.45) is 5.41 Å². The molecule has 1 aromatic carbocycles. The number of nitrogens with one attached hydrogen (secondary N) is 1. The topological polar surface area (TPSA) is 41.5 Å². The summed E-state index contributed by atoms with van der Waals surface area (Å²) in [6, 6.07) is 7.76. The Morgan fingerprint density at radius 2 is 2.13 bits per heavy atom. The van der Waals surface area contributed by atoms with E-state index >= 15 is 0 Å². The number of hydrogen-bond donors (Lipinski definition) is 2. The van der Waals surface area contributed by atoms with Crippen LogP contribution in [0.2, 0.25) is 0 Å². The smallest absolute Gasteiger partial charge is 0.120 e. The molecule has 0 heterocycles. The van der Waals surface area contributed by atoms with E-state index < -0.39 is 0 Å². The molecule has 0 aliphatic heterocycles. The Kier molecular flexibility index (Phi) is 3.97. The van der Waals surface area contributed by atoms with Gasteiger partial charge in [0.25, 0.3) is 0 Å². The lowest BCUT2D eigenvalue weighted by atomic mass is 9.95. The van der Waals surface area contributed by atoms with Crippen LogP contribution in [0.5, 0.6) is 5.75 Å². The number of ether oxygens (including phenoxy) is 1. The van der Waals surface area contributed by atoms with Gasteiger partial charge in [0, 0.05) is 30.3 Å². The first kappa shape index (κ1) is 11.9. The average Bonchev–Trinajstić information content (AvgIpc) is 2.27. The molecule has 0 aliphatic carbocycles. The molecule has 0 saturated carbocycles. The van der Waals surface area contributed by atoms with Gasteiger partial charge < -0.3 is 15.2 Å². The van der Waals surface area contributed by atoms with Crippen LogP contribution in [0.15, 0.2) is 24.3 Å². The van der Waals surface area contributed by atoms with Crippen molar-refractivity contribution < 1.29 is 9.84 Å². The van der Waals surface area contributed by atoms with Crippen LogP contribution in [0.4, 0.5) is 5.69 Å². The summed E-state index contributed by atoms with van der Waals surface area (Å²) in [6.45, 7) is 4.93. The van der Waals surface area contributed by atoms with Crippen molar-refractivity contribution in [3.05, 3.63) is 24.3 Å². The number of rotatable bonds is 5. The molecule has 84 valence electrons. The third kappa shape index (κ3) is 3.80. The third-order valence-corrected chi connectivity index (χ3v) is 2.27. The molecule has 3 nitrogen and oxygen atoms in total. The molecule has 2 N–H and O–H groups in total. The molecule has 0 spiro atoms. The van der Waals surface area contributed by atoms with Crippen LogP contribution in [0.25, 0.3) is 0 Å². The van der Waals surface area contributed by atoms with Crippen molar-refractivity contribution in [1.82, 2.24) is 0 Å². The second-order valence-corrected chi connectivity index (χ2v) is 4.41. The van der Waals surface area contributed by atoms with Crippen LogP contribution < -0.4 is 10.1 Å². The SMILES string of the molecule is COc1cccc(NCC(C)(C)CO)c1. The van der Waals surface area contributed by atoms with Gasteiger partial charge in [-0.3, -0.25) is 0 Å². The summed E-state index contributed by atoms with van der Waals surface area (Å²) < 4.78 is 5.12. The van der Waals surface area contributed by atoms with Gasteiger partial charge in [0.2, 0.25) is 0 Å². The molecule has 1 rings (SSSR count). The van der Waals surface area contributed by atoms with Crippen molar-refractivity contribution in [2.45, 2.75) is 13.8 Å². The summed E-state index contributed by atoms with van der Waals surface area (Å²) in [4.78, 5) is 0. The van der Waals surface area contributed by atoms with Crippen LogP contribution in [-0.4, -0.2) is 25.4 Å². The molecular weight excluding hydrogens is 190 g/mol. The van der Waals surface area contributed by atoms with Crippen LogP contribution in [-0.2, 0) is 0 Å². The van der Waals surface area contributed by atoms with Gasteiger partial charge in [0.05, 0.1) is 7.11 Å². The minimum absolute atomic E-state index is 0.108. The van der Waals surface area contributed by atoms with Crippen LogP contribution in [0.3, 0.4) is 0 Å². The molecule has 15 heavy (non-hydrogen) atoms. The number of aliphatic hydroxyl groups is 1. The summed E-state index contributed by atoms with van der Waals surface area (Å²) in [5.41, 5.74) is 0.902. The van der Waals surface area contributed by atoms with Gasteiger partial charge in [0.15, 0.2) is 0 Å². The largest absolute Gasteiger partial charge is 0.497 e. The monoisotopic (exact) mass is 209 g/mol. The van der Waals surface area contributed by atoms with Gasteiger partial charge in [-0.15, -0.1) is 0 Å². The first-order chi connectivity index (χ1) is 7.07. The van der Waals surface area contributed by atoms with E-state index in [-0.39, 0.29) is 12.0 Å². The lowest BCUT2D eigenvalue weighted by Crippen LogP contribution is -2.26. The van der Waals surface area contributed by atoms with Crippen LogP contribution in [0, 0.1) is 5.41 Å². The molecule has 0 fully saturated rings. The Hall–Kier alpha value is -1.22. The third-order valence-electron chi connectivity index (χ3n) is 2.27. The minimum atomic E-state index is -0.108. The number of aliphatic hydroxyl groups excluding tert-OH is 1. The lowest BCUT2D eigenvalue weighted by Gasteiger charge is -2.22. The Labute approximate surface area is 91.1 Å². The Morgan fingerprint density at radius 3 is 2.73 bits per heavy atom. The Morgan fingerprint density at radius 1 is 1.40 bits per heavy atom. The van der Waals surface area contributed by atoms with Gasteiger partial charge in [-0.25, -0.2) is 0 Å². The van der Waals surface area contributed by atoms with E-state index in [0.29, 0.717) is 0 Å². The molecular formula is C12H19NO2. The van der Waals surface area contributed by atoms with Gasteiger partial charge in [-0.2, -0.15) is 0 Å².